The molecule has 1 rings (SSSR count). The van der Waals surface area contributed by atoms with Crippen LogP contribution in [0.3, 0.4) is 0 Å². The minimum Gasteiger partial charge on any atom is -0.301 e. The Kier molecular flexibility index (Phi) is 4.07. The Hall–Kier alpha value is -0.0400. The Morgan fingerprint density at radius 2 is 2.25 bits per heavy atom. The molecule has 0 aromatic rings. The van der Waals surface area contributed by atoms with E-state index >= 15 is 0 Å². The number of rotatable bonds is 3. The number of hydrogen-bond donors (Lipinski definition) is 0. The quantitative estimate of drug-likeness (QED) is 0.626. The van der Waals surface area contributed by atoms with Gasteiger partial charge < -0.3 is 4.90 Å². The summed E-state index contributed by atoms with van der Waals surface area (Å²) in [6, 6.07) is 0.734. The summed E-state index contributed by atoms with van der Waals surface area (Å²) in [5.74, 6) is 0.929. The van der Waals surface area contributed by atoms with Gasteiger partial charge >= 0.3 is 0 Å². The van der Waals surface area contributed by atoms with Gasteiger partial charge in [0.05, 0.1) is 0 Å². The van der Waals surface area contributed by atoms with E-state index in [-0.39, 0.29) is 0 Å². The van der Waals surface area contributed by atoms with Crippen molar-refractivity contribution in [2.24, 2.45) is 5.92 Å². The fourth-order valence-corrected chi connectivity index (χ4v) is 2.09. The minimum absolute atomic E-state index is 0.734. The summed E-state index contributed by atoms with van der Waals surface area (Å²) in [6.45, 7) is 11.2. The van der Waals surface area contributed by atoms with Crippen LogP contribution >= 0.6 is 0 Å². The lowest BCUT2D eigenvalue weighted by Gasteiger charge is -2.35. The highest BCUT2D eigenvalue weighted by Crippen LogP contribution is 2.21. The highest BCUT2D eigenvalue weighted by molar-refractivity contribution is 4.75. The van der Waals surface area contributed by atoms with Gasteiger partial charge in [0.25, 0.3) is 0 Å². The molecule has 0 spiro atoms. The predicted octanol–water partition coefficient (Wildman–Crippen LogP) is 2.72. The normalized spacial score (nSPS) is 26.5. The average Bonchev–Trinajstić information content (AvgIpc) is 2.05. The van der Waals surface area contributed by atoms with Crippen molar-refractivity contribution in [1.82, 2.24) is 4.90 Å². The smallest absolute Gasteiger partial charge is 0.00387 e. The molecule has 0 aliphatic carbocycles. The molecular weight excluding hydrogens is 146 g/mol. The van der Waals surface area contributed by atoms with Crippen molar-refractivity contribution in [1.29, 1.82) is 0 Å². The lowest BCUT2D eigenvalue weighted by Crippen LogP contribution is -2.39. The highest BCUT2D eigenvalue weighted by Gasteiger charge is 2.20. The summed E-state index contributed by atoms with van der Waals surface area (Å²) in [6.07, 6.45) is 5.25. The average molecular weight is 168 g/mol. The molecule has 0 bridgehead atoms. The third-order valence-electron chi connectivity index (χ3n) is 2.89. The van der Waals surface area contributed by atoms with E-state index in [0.717, 1.165) is 18.4 Å². The van der Waals surface area contributed by atoms with Crippen molar-refractivity contribution in [3.8, 4) is 0 Å². The molecule has 0 aromatic heterocycles. The number of nitrogens with zero attached hydrogens (tertiary/aromatic N) is 1. The Labute approximate surface area is 77.1 Å². The first-order chi connectivity index (χ1) is 5.74. The van der Waals surface area contributed by atoms with Crippen LogP contribution in [0.5, 0.6) is 0 Å². The number of likely N-dealkylation sites (tertiary alicyclic amines) is 1. The largest absolute Gasteiger partial charge is 0.301 e. The molecule has 0 saturated carbocycles. The third-order valence-corrected chi connectivity index (χ3v) is 2.89. The highest BCUT2D eigenvalue weighted by atomic mass is 15.1. The second-order valence-electron chi connectivity index (χ2n) is 4.24. The van der Waals surface area contributed by atoms with Crippen LogP contribution in [0.1, 0.15) is 39.5 Å². The predicted molar refractivity (Wildman–Crippen MR) is 54.0 cm³/mol. The fourth-order valence-electron chi connectivity index (χ4n) is 2.09. The van der Waals surface area contributed by atoms with Crippen LogP contribution < -0.4 is 0 Å². The Balaban J connectivity index is 2.30. The molecule has 0 amide bonds. The summed E-state index contributed by atoms with van der Waals surface area (Å²) in [5, 5.41) is 0. The van der Waals surface area contributed by atoms with E-state index in [1.54, 1.807) is 0 Å². The van der Waals surface area contributed by atoms with E-state index in [2.05, 4.69) is 25.7 Å². The summed E-state index contributed by atoms with van der Waals surface area (Å²) in [7, 11) is 0. The van der Waals surface area contributed by atoms with E-state index in [1.165, 1.54) is 32.4 Å². The minimum atomic E-state index is 0.734. The molecule has 1 nitrogen and oxygen atoms in total. The van der Waals surface area contributed by atoms with Crippen LogP contribution in [0.15, 0.2) is 0 Å². The van der Waals surface area contributed by atoms with Gasteiger partial charge in [0.1, 0.15) is 0 Å². The Morgan fingerprint density at radius 1 is 1.50 bits per heavy atom. The molecule has 1 saturated heterocycles. The maximum atomic E-state index is 3.93. The van der Waals surface area contributed by atoms with Gasteiger partial charge in [-0.25, -0.2) is 0 Å². The molecule has 1 heteroatoms. The summed E-state index contributed by atoms with van der Waals surface area (Å²) in [5.41, 5.74) is 0. The first kappa shape index (κ1) is 10.0. The van der Waals surface area contributed by atoms with Crippen molar-refractivity contribution in [3.63, 3.8) is 0 Å². The van der Waals surface area contributed by atoms with Gasteiger partial charge in [-0.1, -0.05) is 13.3 Å². The van der Waals surface area contributed by atoms with Gasteiger partial charge in [0.15, 0.2) is 0 Å². The second kappa shape index (κ2) is 4.86. The van der Waals surface area contributed by atoms with Gasteiger partial charge in [-0.15, -0.1) is 0 Å². The molecule has 1 aliphatic heterocycles. The van der Waals surface area contributed by atoms with Crippen molar-refractivity contribution in [2.75, 3.05) is 13.1 Å². The fraction of sp³-hybridized carbons (Fsp3) is 0.909. The van der Waals surface area contributed by atoms with Crippen LogP contribution in [-0.4, -0.2) is 24.0 Å². The van der Waals surface area contributed by atoms with Crippen molar-refractivity contribution < 1.29 is 0 Å². The molecule has 0 aromatic carbocycles. The van der Waals surface area contributed by atoms with Crippen LogP contribution in [0.2, 0.25) is 0 Å². The van der Waals surface area contributed by atoms with E-state index in [9.17, 15) is 0 Å². The first-order valence-corrected chi connectivity index (χ1v) is 5.27. The van der Waals surface area contributed by atoms with Crippen molar-refractivity contribution in [3.05, 3.63) is 6.92 Å². The van der Waals surface area contributed by atoms with Crippen molar-refractivity contribution >= 4 is 0 Å². The van der Waals surface area contributed by atoms with Crippen LogP contribution in [0.4, 0.5) is 0 Å². The first-order valence-electron chi connectivity index (χ1n) is 5.27. The van der Waals surface area contributed by atoms with Gasteiger partial charge in [-0.3, -0.25) is 0 Å². The van der Waals surface area contributed by atoms with E-state index < -0.39 is 0 Å². The van der Waals surface area contributed by atoms with Crippen LogP contribution in [0, 0.1) is 12.8 Å². The summed E-state index contributed by atoms with van der Waals surface area (Å²) >= 11 is 0. The van der Waals surface area contributed by atoms with E-state index in [4.69, 9.17) is 0 Å². The van der Waals surface area contributed by atoms with Gasteiger partial charge in [0, 0.05) is 12.6 Å². The third kappa shape index (κ3) is 2.78. The maximum absolute atomic E-state index is 3.93. The van der Waals surface area contributed by atoms with Gasteiger partial charge in [0.2, 0.25) is 0 Å². The zero-order valence-electron chi connectivity index (χ0n) is 8.55. The van der Waals surface area contributed by atoms with Gasteiger partial charge in [-0.2, -0.15) is 0 Å². The molecule has 12 heavy (non-hydrogen) atoms. The zero-order valence-corrected chi connectivity index (χ0v) is 8.55. The van der Waals surface area contributed by atoms with Crippen LogP contribution in [-0.2, 0) is 0 Å². The summed E-state index contributed by atoms with van der Waals surface area (Å²) in [4.78, 5) is 2.60. The molecule has 1 heterocycles. The topological polar surface area (TPSA) is 3.24 Å². The lowest BCUT2D eigenvalue weighted by molar-refractivity contribution is 0.136. The van der Waals surface area contributed by atoms with Crippen LogP contribution in [0.25, 0.3) is 0 Å². The molecule has 1 unspecified atom stereocenters. The molecule has 1 fully saturated rings. The number of hydrogen-bond acceptors (Lipinski definition) is 1. The Morgan fingerprint density at radius 3 is 2.83 bits per heavy atom. The van der Waals surface area contributed by atoms with E-state index in [0.29, 0.717) is 0 Å². The monoisotopic (exact) mass is 168 g/mol. The molecule has 1 radical (unpaired) electrons. The lowest BCUT2D eigenvalue weighted by atomic mass is 9.93. The molecule has 0 N–H and O–H groups in total. The number of piperidine rings is 1. The molecule has 71 valence electrons. The van der Waals surface area contributed by atoms with Crippen molar-refractivity contribution in [2.45, 2.75) is 45.6 Å². The van der Waals surface area contributed by atoms with E-state index in [1.807, 2.05) is 0 Å². The van der Waals surface area contributed by atoms with Gasteiger partial charge in [-0.05, 0) is 45.6 Å². The Bertz CT molecular complexity index is 118. The SMILES string of the molecule is [CH2]CCC1CCCN(C(C)C)C1. The summed E-state index contributed by atoms with van der Waals surface area (Å²) < 4.78 is 0. The second-order valence-corrected chi connectivity index (χ2v) is 4.24. The molecule has 1 atom stereocenters. The molecular formula is C11H22N. The standard InChI is InChI=1S/C11H22N/c1-4-6-11-7-5-8-12(9-11)10(2)3/h10-11H,1,4-9H2,2-3H3. The zero-order chi connectivity index (χ0) is 8.97. The maximum Gasteiger partial charge on any atom is 0.00387 e. The molecule has 1 aliphatic rings.